The standard InChI is InChI=1S/C13H24FN3O2/c1-9(2)19-12-4-6-17(7-10(12)14)13(18)11-3-5-15-8-16-11/h9-12,15-16H,3-8H2,1-2H3/t10-,11?,12+/m1/s1. The van der Waals surface area contributed by atoms with Gasteiger partial charge in [0.1, 0.15) is 6.17 Å². The van der Waals surface area contributed by atoms with E-state index in [0.717, 1.165) is 13.0 Å². The quantitative estimate of drug-likeness (QED) is 0.774. The summed E-state index contributed by atoms with van der Waals surface area (Å²) in [5, 5.41) is 6.25. The van der Waals surface area contributed by atoms with Gasteiger partial charge in [-0.2, -0.15) is 0 Å². The normalized spacial score (nSPS) is 32.6. The van der Waals surface area contributed by atoms with E-state index in [0.29, 0.717) is 19.6 Å². The van der Waals surface area contributed by atoms with Gasteiger partial charge in [-0.1, -0.05) is 0 Å². The fraction of sp³-hybridized carbons (Fsp3) is 0.923. The van der Waals surface area contributed by atoms with Crippen molar-refractivity contribution in [2.45, 2.75) is 51.1 Å². The molecule has 2 aliphatic rings. The van der Waals surface area contributed by atoms with E-state index >= 15 is 0 Å². The lowest BCUT2D eigenvalue weighted by Crippen LogP contribution is -2.57. The summed E-state index contributed by atoms with van der Waals surface area (Å²) in [5.41, 5.74) is 0. The first-order chi connectivity index (χ1) is 9.08. The molecule has 2 fully saturated rings. The van der Waals surface area contributed by atoms with Crippen molar-refractivity contribution in [2.75, 3.05) is 26.3 Å². The molecule has 0 radical (unpaired) electrons. The summed E-state index contributed by atoms with van der Waals surface area (Å²) >= 11 is 0. The van der Waals surface area contributed by atoms with E-state index in [9.17, 15) is 9.18 Å². The first-order valence-corrected chi connectivity index (χ1v) is 7.10. The summed E-state index contributed by atoms with van der Waals surface area (Å²) in [6, 6.07) is -0.170. The number of ether oxygens (including phenoxy) is 1. The molecule has 1 amide bonds. The van der Waals surface area contributed by atoms with E-state index in [1.807, 2.05) is 13.8 Å². The van der Waals surface area contributed by atoms with Crippen molar-refractivity contribution in [1.29, 1.82) is 0 Å². The Hall–Kier alpha value is -0.720. The lowest BCUT2D eigenvalue weighted by atomic mass is 10.0. The second-order valence-corrected chi connectivity index (χ2v) is 5.53. The molecular formula is C13H24FN3O2. The Labute approximate surface area is 113 Å². The highest BCUT2D eigenvalue weighted by Crippen LogP contribution is 2.20. The summed E-state index contributed by atoms with van der Waals surface area (Å²) in [7, 11) is 0. The van der Waals surface area contributed by atoms with Gasteiger partial charge in [-0.05, 0) is 33.2 Å². The minimum atomic E-state index is -1.08. The maximum Gasteiger partial charge on any atom is 0.239 e. The summed E-state index contributed by atoms with van der Waals surface area (Å²) in [6.07, 6.45) is -0.0858. The van der Waals surface area contributed by atoms with Crippen molar-refractivity contribution < 1.29 is 13.9 Å². The van der Waals surface area contributed by atoms with E-state index in [-0.39, 0.29) is 30.7 Å². The minimum absolute atomic E-state index is 0.0205. The third kappa shape index (κ3) is 3.87. The first kappa shape index (κ1) is 14.7. The molecule has 2 saturated heterocycles. The molecule has 19 heavy (non-hydrogen) atoms. The van der Waals surface area contributed by atoms with Crippen LogP contribution in [0.3, 0.4) is 0 Å². The summed E-state index contributed by atoms with van der Waals surface area (Å²) < 4.78 is 19.6. The number of carbonyl (C=O) groups is 1. The fourth-order valence-corrected chi connectivity index (χ4v) is 2.65. The predicted octanol–water partition coefficient (Wildman–Crippen LogP) is 0.259. The van der Waals surface area contributed by atoms with Crippen molar-refractivity contribution in [3.05, 3.63) is 0 Å². The van der Waals surface area contributed by atoms with Crippen LogP contribution in [0, 0.1) is 0 Å². The van der Waals surface area contributed by atoms with Crippen LogP contribution in [-0.4, -0.2) is 61.5 Å². The number of nitrogens with zero attached hydrogens (tertiary/aromatic N) is 1. The minimum Gasteiger partial charge on any atom is -0.372 e. The van der Waals surface area contributed by atoms with Crippen molar-refractivity contribution in [3.8, 4) is 0 Å². The smallest absolute Gasteiger partial charge is 0.239 e. The molecular weight excluding hydrogens is 249 g/mol. The number of nitrogens with one attached hydrogen (secondary N) is 2. The van der Waals surface area contributed by atoms with Gasteiger partial charge >= 0.3 is 0 Å². The monoisotopic (exact) mass is 273 g/mol. The van der Waals surface area contributed by atoms with Crippen molar-refractivity contribution in [1.82, 2.24) is 15.5 Å². The zero-order valence-electron chi connectivity index (χ0n) is 11.7. The molecule has 0 aromatic carbocycles. The average Bonchev–Trinajstić information content (AvgIpc) is 2.41. The highest BCUT2D eigenvalue weighted by atomic mass is 19.1. The van der Waals surface area contributed by atoms with Gasteiger partial charge in [-0.15, -0.1) is 0 Å². The van der Waals surface area contributed by atoms with E-state index in [1.54, 1.807) is 4.90 Å². The Morgan fingerprint density at radius 2 is 2.21 bits per heavy atom. The number of rotatable bonds is 3. The van der Waals surface area contributed by atoms with Crippen molar-refractivity contribution in [3.63, 3.8) is 0 Å². The molecule has 0 aromatic heterocycles. The molecule has 0 aliphatic carbocycles. The zero-order valence-corrected chi connectivity index (χ0v) is 11.7. The molecule has 2 N–H and O–H groups in total. The largest absolute Gasteiger partial charge is 0.372 e. The van der Waals surface area contributed by atoms with Crippen LogP contribution >= 0.6 is 0 Å². The Morgan fingerprint density at radius 1 is 1.42 bits per heavy atom. The number of halogens is 1. The maximum atomic E-state index is 14.0. The van der Waals surface area contributed by atoms with Gasteiger partial charge in [0.2, 0.25) is 5.91 Å². The summed E-state index contributed by atoms with van der Waals surface area (Å²) in [4.78, 5) is 13.9. The number of amides is 1. The third-order valence-corrected chi connectivity index (χ3v) is 3.62. The van der Waals surface area contributed by atoms with Crippen LogP contribution in [0.1, 0.15) is 26.7 Å². The van der Waals surface area contributed by atoms with Crippen LogP contribution in [0.5, 0.6) is 0 Å². The average molecular weight is 273 g/mol. The zero-order chi connectivity index (χ0) is 13.8. The molecule has 2 rings (SSSR count). The van der Waals surface area contributed by atoms with E-state index < -0.39 is 6.17 Å². The van der Waals surface area contributed by atoms with Gasteiger partial charge < -0.3 is 15.0 Å². The van der Waals surface area contributed by atoms with Gasteiger partial charge in [-0.25, -0.2) is 4.39 Å². The molecule has 2 heterocycles. The van der Waals surface area contributed by atoms with Gasteiger partial charge in [0, 0.05) is 13.2 Å². The highest BCUT2D eigenvalue weighted by molar-refractivity contribution is 5.82. The lowest BCUT2D eigenvalue weighted by Gasteiger charge is -2.37. The Balaban J connectivity index is 1.85. The number of likely N-dealkylation sites (tertiary alicyclic amines) is 1. The fourth-order valence-electron chi connectivity index (χ4n) is 2.65. The second kappa shape index (κ2) is 6.63. The molecule has 0 bridgehead atoms. The van der Waals surface area contributed by atoms with Gasteiger partial charge in [0.05, 0.1) is 24.8 Å². The van der Waals surface area contributed by atoms with Gasteiger partial charge in [0.15, 0.2) is 0 Å². The number of hydrogen-bond acceptors (Lipinski definition) is 4. The van der Waals surface area contributed by atoms with E-state index in [1.165, 1.54) is 0 Å². The van der Waals surface area contributed by atoms with Gasteiger partial charge in [0.25, 0.3) is 0 Å². The Morgan fingerprint density at radius 3 is 2.79 bits per heavy atom. The first-order valence-electron chi connectivity index (χ1n) is 7.10. The van der Waals surface area contributed by atoms with Crippen LogP contribution in [0.15, 0.2) is 0 Å². The molecule has 1 unspecified atom stereocenters. The predicted molar refractivity (Wildman–Crippen MR) is 70.5 cm³/mol. The highest BCUT2D eigenvalue weighted by Gasteiger charge is 2.35. The molecule has 3 atom stereocenters. The molecule has 2 aliphatic heterocycles. The summed E-state index contributed by atoms with van der Waals surface area (Å²) in [6.45, 7) is 6.02. The van der Waals surface area contributed by atoms with Crippen molar-refractivity contribution in [2.24, 2.45) is 0 Å². The third-order valence-electron chi connectivity index (χ3n) is 3.62. The van der Waals surface area contributed by atoms with Crippen LogP contribution in [0.4, 0.5) is 4.39 Å². The second-order valence-electron chi connectivity index (χ2n) is 5.53. The molecule has 0 aromatic rings. The number of hydrogen-bond donors (Lipinski definition) is 2. The van der Waals surface area contributed by atoms with Crippen LogP contribution in [0.2, 0.25) is 0 Å². The molecule has 6 heteroatoms. The maximum absolute atomic E-state index is 14.0. The molecule has 5 nitrogen and oxygen atoms in total. The van der Waals surface area contributed by atoms with E-state index in [4.69, 9.17) is 4.74 Å². The van der Waals surface area contributed by atoms with Crippen LogP contribution in [0.25, 0.3) is 0 Å². The van der Waals surface area contributed by atoms with Crippen LogP contribution < -0.4 is 10.6 Å². The number of carbonyl (C=O) groups excluding carboxylic acids is 1. The van der Waals surface area contributed by atoms with Crippen LogP contribution in [-0.2, 0) is 9.53 Å². The lowest BCUT2D eigenvalue weighted by molar-refractivity contribution is -0.141. The number of piperidine rings is 1. The summed E-state index contributed by atoms with van der Waals surface area (Å²) in [5.74, 6) is 0.0205. The Kier molecular flexibility index (Phi) is 5.13. The number of alkyl halides is 1. The topological polar surface area (TPSA) is 53.6 Å². The van der Waals surface area contributed by atoms with Gasteiger partial charge in [-0.3, -0.25) is 10.1 Å². The van der Waals surface area contributed by atoms with E-state index in [2.05, 4.69) is 10.6 Å². The SMILES string of the molecule is CC(C)O[C@H]1CCN(C(=O)C2CCNCN2)C[C@H]1F. The molecule has 0 spiro atoms. The Bertz CT molecular complexity index is 308. The molecule has 110 valence electrons. The molecule has 0 saturated carbocycles. The van der Waals surface area contributed by atoms with Crippen molar-refractivity contribution >= 4 is 5.91 Å².